The summed E-state index contributed by atoms with van der Waals surface area (Å²) in [6, 6.07) is 1.60. The van der Waals surface area contributed by atoms with Gasteiger partial charge in [0.15, 0.2) is 10.8 Å². The Bertz CT molecular complexity index is 1070. The minimum Gasteiger partial charge on any atom is -0.298 e. The summed E-state index contributed by atoms with van der Waals surface area (Å²) in [6.07, 6.45) is 2.27. The van der Waals surface area contributed by atoms with Crippen molar-refractivity contribution >= 4 is 33.4 Å². The van der Waals surface area contributed by atoms with Gasteiger partial charge in [-0.15, -0.1) is 11.3 Å². The van der Waals surface area contributed by atoms with Crippen molar-refractivity contribution < 1.29 is 4.79 Å². The Hall–Kier alpha value is -2.81. The molecule has 3 heterocycles. The van der Waals surface area contributed by atoms with E-state index in [-0.39, 0.29) is 22.5 Å². The van der Waals surface area contributed by atoms with E-state index in [0.717, 1.165) is 0 Å². The van der Waals surface area contributed by atoms with E-state index in [1.165, 1.54) is 15.9 Å². The molecule has 0 aliphatic heterocycles. The number of nitrogens with one attached hydrogen (secondary N) is 2. The van der Waals surface area contributed by atoms with Gasteiger partial charge in [-0.1, -0.05) is 20.8 Å². The van der Waals surface area contributed by atoms with Gasteiger partial charge >= 0.3 is 5.69 Å². The van der Waals surface area contributed by atoms with Gasteiger partial charge in [-0.05, 0) is 18.4 Å². The van der Waals surface area contributed by atoms with Gasteiger partial charge in [-0.3, -0.25) is 24.5 Å². The molecule has 0 aliphatic rings. The molecule has 0 radical (unpaired) electrons. The predicted molar refractivity (Wildman–Crippen MR) is 101 cm³/mol. The van der Waals surface area contributed by atoms with E-state index in [1.807, 2.05) is 20.8 Å². The normalized spacial score (nSPS) is 11.2. The zero-order chi connectivity index (χ0) is 18.8. The third kappa shape index (κ3) is 3.30. The SMILES string of the molecule is CCCn1c(=O)[nH]c(=O)c2c(C(=O)Nc3nccs3)cc(C(C)C)nc21. The molecule has 0 saturated carbocycles. The van der Waals surface area contributed by atoms with Gasteiger partial charge in [0.2, 0.25) is 0 Å². The topological polar surface area (TPSA) is 110 Å². The van der Waals surface area contributed by atoms with Crippen molar-refractivity contribution in [3.63, 3.8) is 0 Å². The predicted octanol–water partition coefficient (Wildman–Crippen LogP) is 2.33. The lowest BCUT2D eigenvalue weighted by atomic mass is 10.0. The molecule has 0 spiro atoms. The lowest BCUT2D eigenvalue weighted by Crippen LogP contribution is -2.32. The average Bonchev–Trinajstić information content (AvgIpc) is 3.10. The molecule has 1 amide bonds. The second kappa shape index (κ2) is 7.20. The van der Waals surface area contributed by atoms with Gasteiger partial charge in [0.1, 0.15) is 0 Å². The van der Waals surface area contributed by atoms with E-state index in [1.54, 1.807) is 17.6 Å². The molecule has 136 valence electrons. The van der Waals surface area contributed by atoms with Crippen LogP contribution >= 0.6 is 11.3 Å². The zero-order valence-electron chi connectivity index (χ0n) is 14.7. The standard InChI is InChI=1S/C17H19N5O3S/c1-4-6-22-13-12(15(24)21-17(22)25)10(8-11(19-13)9(2)3)14(23)20-16-18-5-7-26-16/h5,7-9H,4,6H2,1-3H3,(H,18,20,23)(H,21,24,25). The molecule has 3 aromatic rings. The molecule has 8 nitrogen and oxygen atoms in total. The highest BCUT2D eigenvalue weighted by Gasteiger charge is 2.20. The van der Waals surface area contributed by atoms with Crippen molar-refractivity contribution in [2.24, 2.45) is 0 Å². The second-order valence-corrected chi connectivity index (χ2v) is 7.04. The Morgan fingerprint density at radius 2 is 2.15 bits per heavy atom. The molecule has 0 bridgehead atoms. The molecule has 0 unspecified atom stereocenters. The van der Waals surface area contributed by atoms with Crippen LogP contribution in [-0.2, 0) is 6.54 Å². The van der Waals surface area contributed by atoms with Gasteiger partial charge < -0.3 is 0 Å². The Morgan fingerprint density at radius 1 is 1.38 bits per heavy atom. The summed E-state index contributed by atoms with van der Waals surface area (Å²) in [5, 5.41) is 4.97. The van der Waals surface area contributed by atoms with Crippen LogP contribution in [0.15, 0.2) is 27.2 Å². The number of fused-ring (bicyclic) bond motifs is 1. The maximum absolute atomic E-state index is 12.8. The molecule has 0 aromatic carbocycles. The van der Waals surface area contributed by atoms with Crippen LogP contribution < -0.4 is 16.6 Å². The van der Waals surface area contributed by atoms with Crippen LogP contribution in [0.1, 0.15) is 49.2 Å². The number of aryl methyl sites for hydroxylation is 1. The quantitative estimate of drug-likeness (QED) is 0.713. The van der Waals surface area contributed by atoms with Crippen molar-refractivity contribution in [2.75, 3.05) is 5.32 Å². The van der Waals surface area contributed by atoms with Gasteiger partial charge in [0, 0.05) is 23.8 Å². The van der Waals surface area contributed by atoms with Crippen molar-refractivity contribution in [3.8, 4) is 0 Å². The molecule has 0 fully saturated rings. The Labute approximate surface area is 152 Å². The number of aromatic amines is 1. The van der Waals surface area contributed by atoms with Crippen molar-refractivity contribution in [1.29, 1.82) is 0 Å². The number of amides is 1. The van der Waals surface area contributed by atoms with Crippen molar-refractivity contribution in [1.82, 2.24) is 19.5 Å². The lowest BCUT2D eigenvalue weighted by Gasteiger charge is -2.14. The second-order valence-electron chi connectivity index (χ2n) is 6.15. The third-order valence-electron chi connectivity index (χ3n) is 3.90. The van der Waals surface area contributed by atoms with E-state index in [9.17, 15) is 14.4 Å². The summed E-state index contributed by atoms with van der Waals surface area (Å²) in [7, 11) is 0. The number of thiazole rings is 1. The number of pyridine rings is 1. The molecule has 26 heavy (non-hydrogen) atoms. The molecule has 0 aliphatic carbocycles. The molecule has 2 N–H and O–H groups in total. The highest BCUT2D eigenvalue weighted by atomic mass is 32.1. The molecule has 3 rings (SSSR count). The van der Waals surface area contributed by atoms with Crippen LogP contribution in [0.2, 0.25) is 0 Å². The smallest absolute Gasteiger partial charge is 0.298 e. The number of hydrogen-bond acceptors (Lipinski definition) is 6. The highest BCUT2D eigenvalue weighted by molar-refractivity contribution is 7.13. The van der Waals surface area contributed by atoms with Gasteiger partial charge in [0.25, 0.3) is 11.5 Å². The summed E-state index contributed by atoms with van der Waals surface area (Å²) in [6.45, 7) is 6.19. The first-order valence-corrected chi connectivity index (χ1v) is 9.19. The van der Waals surface area contributed by atoms with E-state index < -0.39 is 17.2 Å². The van der Waals surface area contributed by atoms with Crippen LogP contribution in [-0.4, -0.2) is 25.4 Å². The molecular formula is C17H19N5O3S. The fourth-order valence-corrected chi connectivity index (χ4v) is 3.17. The average molecular weight is 373 g/mol. The number of anilines is 1. The van der Waals surface area contributed by atoms with Crippen LogP contribution in [0.4, 0.5) is 5.13 Å². The summed E-state index contributed by atoms with van der Waals surface area (Å²) in [5.41, 5.74) is -0.0961. The first-order valence-electron chi connectivity index (χ1n) is 8.31. The number of aromatic nitrogens is 4. The maximum atomic E-state index is 12.8. The number of hydrogen-bond donors (Lipinski definition) is 2. The zero-order valence-corrected chi connectivity index (χ0v) is 15.5. The largest absolute Gasteiger partial charge is 0.329 e. The van der Waals surface area contributed by atoms with Crippen LogP contribution in [0.25, 0.3) is 11.0 Å². The highest BCUT2D eigenvalue weighted by Crippen LogP contribution is 2.21. The van der Waals surface area contributed by atoms with E-state index in [0.29, 0.717) is 23.8 Å². The monoisotopic (exact) mass is 373 g/mol. The van der Waals surface area contributed by atoms with Crippen molar-refractivity contribution in [2.45, 2.75) is 39.7 Å². The summed E-state index contributed by atoms with van der Waals surface area (Å²) < 4.78 is 1.41. The van der Waals surface area contributed by atoms with E-state index >= 15 is 0 Å². The van der Waals surface area contributed by atoms with Gasteiger partial charge in [-0.2, -0.15) is 0 Å². The molecule has 0 atom stereocenters. The Balaban J connectivity index is 2.30. The van der Waals surface area contributed by atoms with Crippen LogP contribution in [0.3, 0.4) is 0 Å². The number of H-pyrrole nitrogens is 1. The third-order valence-corrected chi connectivity index (χ3v) is 4.59. The first-order chi connectivity index (χ1) is 12.4. The minimum atomic E-state index is -0.621. The lowest BCUT2D eigenvalue weighted by molar-refractivity contribution is 0.102. The number of carbonyl (C=O) groups excluding carboxylic acids is 1. The number of carbonyl (C=O) groups is 1. The Kier molecular flexibility index (Phi) is 4.99. The van der Waals surface area contributed by atoms with E-state index in [4.69, 9.17) is 0 Å². The van der Waals surface area contributed by atoms with Gasteiger partial charge in [0.05, 0.1) is 10.9 Å². The first kappa shape index (κ1) is 18.0. The fourth-order valence-electron chi connectivity index (χ4n) is 2.65. The fraction of sp³-hybridized carbons (Fsp3) is 0.353. The van der Waals surface area contributed by atoms with E-state index in [2.05, 4.69) is 20.3 Å². The maximum Gasteiger partial charge on any atom is 0.329 e. The molecule has 3 aromatic heterocycles. The molecule has 9 heteroatoms. The van der Waals surface area contributed by atoms with Crippen LogP contribution in [0.5, 0.6) is 0 Å². The number of nitrogens with zero attached hydrogens (tertiary/aromatic N) is 3. The summed E-state index contributed by atoms with van der Waals surface area (Å²) in [5.74, 6) is -0.434. The number of rotatable bonds is 5. The van der Waals surface area contributed by atoms with Crippen molar-refractivity contribution in [3.05, 3.63) is 49.7 Å². The summed E-state index contributed by atoms with van der Waals surface area (Å²) >= 11 is 1.28. The molecular weight excluding hydrogens is 354 g/mol. The minimum absolute atomic E-state index is 0.0234. The summed E-state index contributed by atoms with van der Waals surface area (Å²) in [4.78, 5) is 48.3. The molecule has 0 saturated heterocycles. The Morgan fingerprint density at radius 3 is 2.77 bits per heavy atom. The van der Waals surface area contributed by atoms with Crippen LogP contribution in [0, 0.1) is 0 Å². The van der Waals surface area contributed by atoms with Gasteiger partial charge in [-0.25, -0.2) is 14.8 Å².